The van der Waals surface area contributed by atoms with Crippen LogP contribution in [0.4, 0.5) is 4.79 Å². The first-order chi connectivity index (χ1) is 18.4. The maximum Gasteiger partial charge on any atom is 0.407 e. The van der Waals surface area contributed by atoms with E-state index in [1.54, 1.807) is 0 Å². The van der Waals surface area contributed by atoms with Gasteiger partial charge >= 0.3 is 6.09 Å². The number of carbonyl (C=O) groups excluding carboxylic acids is 1. The molecule has 0 aliphatic carbocycles. The van der Waals surface area contributed by atoms with E-state index in [0.717, 1.165) is 66.2 Å². The molecule has 1 unspecified atom stereocenters. The summed E-state index contributed by atoms with van der Waals surface area (Å²) in [6.45, 7) is 8.37. The number of nitrogens with one attached hydrogen (secondary N) is 1. The molecule has 0 saturated carbocycles. The molecule has 1 amide bonds. The second kappa shape index (κ2) is 10.3. The van der Waals surface area contributed by atoms with Crippen LogP contribution in [0.1, 0.15) is 43.9 Å². The van der Waals surface area contributed by atoms with Gasteiger partial charge in [-0.3, -0.25) is 4.90 Å². The van der Waals surface area contributed by atoms with Crippen molar-refractivity contribution >= 4 is 6.09 Å². The zero-order valence-corrected chi connectivity index (χ0v) is 22.2. The quantitative estimate of drug-likeness (QED) is 0.425. The SMILES string of the molecule is CC1(C)COc2cc(-c3cccc(OCc4ccccc4)c3)ccc2C1NC(=O)O[C@H]1CN2CCC1CC2. The van der Waals surface area contributed by atoms with E-state index in [0.29, 0.717) is 19.1 Å². The van der Waals surface area contributed by atoms with Crippen LogP contribution < -0.4 is 14.8 Å². The molecule has 38 heavy (non-hydrogen) atoms. The first-order valence-electron chi connectivity index (χ1n) is 13.7. The average Bonchev–Trinajstić information content (AvgIpc) is 2.95. The van der Waals surface area contributed by atoms with Crippen LogP contribution in [0.15, 0.2) is 72.8 Å². The molecule has 3 fully saturated rings. The summed E-state index contributed by atoms with van der Waals surface area (Å²) in [4.78, 5) is 15.4. The predicted octanol–water partition coefficient (Wildman–Crippen LogP) is 6.21. The van der Waals surface area contributed by atoms with Gasteiger partial charge in [0.15, 0.2) is 0 Å². The fraction of sp³-hybridized carbons (Fsp3) is 0.406. The largest absolute Gasteiger partial charge is 0.493 e. The molecule has 2 bridgehead atoms. The van der Waals surface area contributed by atoms with Gasteiger partial charge in [0.2, 0.25) is 0 Å². The summed E-state index contributed by atoms with van der Waals surface area (Å²) < 4.78 is 18.2. The number of carbonyl (C=O) groups is 1. The number of alkyl carbamates (subject to hydrolysis) is 1. The second-order valence-corrected chi connectivity index (χ2v) is 11.5. The highest BCUT2D eigenvalue weighted by Crippen LogP contribution is 2.44. The summed E-state index contributed by atoms with van der Waals surface area (Å²) >= 11 is 0. The number of hydrogen-bond donors (Lipinski definition) is 1. The van der Waals surface area contributed by atoms with Crippen LogP contribution in [0.25, 0.3) is 11.1 Å². The highest BCUT2D eigenvalue weighted by atomic mass is 16.6. The Balaban J connectivity index is 1.17. The van der Waals surface area contributed by atoms with Gasteiger partial charge in [-0.15, -0.1) is 0 Å². The smallest absolute Gasteiger partial charge is 0.407 e. The van der Waals surface area contributed by atoms with E-state index in [1.165, 1.54) is 0 Å². The van der Waals surface area contributed by atoms with Crippen LogP contribution in [-0.4, -0.2) is 43.3 Å². The molecular formula is C32H36N2O4. The fourth-order valence-corrected chi connectivity index (χ4v) is 5.96. The molecule has 2 atom stereocenters. The van der Waals surface area contributed by atoms with E-state index >= 15 is 0 Å². The third-order valence-corrected chi connectivity index (χ3v) is 8.24. The van der Waals surface area contributed by atoms with Crippen LogP contribution in [0.3, 0.4) is 0 Å². The number of ether oxygens (including phenoxy) is 3. The van der Waals surface area contributed by atoms with E-state index in [9.17, 15) is 4.79 Å². The summed E-state index contributed by atoms with van der Waals surface area (Å²) in [5.41, 5.74) is 3.94. The minimum Gasteiger partial charge on any atom is -0.493 e. The normalized spacial score (nSPS) is 25.1. The van der Waals surface area contributed by atoms with Crippen molar-refractivity contribution in [3.63, 3.8) is 0 Å². The average molecular weight is 513 g/mol. The Kier molecular flexibility index (Phi) is 6.75. The van der Waals surface area contributed by atoms with E-state index in [2.05, 4.69) is 66.5 Å². The van der Waals surface area contributed by atoms with Crippen molar-refractivity contribution in [1.82, 2.24) is 10.2 Å². The Hall–Kier alpha value is -3.51. The minimum atomic E-state index is -0.331. The highest BCUT2D eigenvalue weighted by Gasteiger charge is 2.41. The number of fused-ring (bicyclic) bond motifs is 4. The molecule has 4 aliphatic heterocycles. The molecule has 6 heteroatoms. The van der Waals surface area contributed by atoms with Crippen molar-refractivity contribution in [2.45, 2.75) is 45.4 Å². The van der Waals surface area contributed by atoms with Crippen LogP contribution in [0.5, 0.6) is 11.5 Å². The van der Waals surface area contributed by atoms with Gasteiger partial charge in [-0.1, -0.05) is 68.4 Å². The van der Waals surface area contributed by atoms with Gasteiger partial charge in [0.1, 0.15) is 24.2 Å². The molecule has 0 spiro atoms. The van der Waals surface area contributed by atoms with Crippen molar-refractivity contribution in [2.75, 3.05) is 26.2 Å². The first-order valence-corrected chi connectivity index (χ1v) is 13.7. The van der Waals surface area contributed by atoms with Gasteiger partial charge in [-0.25, -0.2) is 4.79 Å². The minimum absolute atomic E-state index is 0.0151. The van der Waals surface area contributed by atoms with Crippen molar-refractivity contribution in [3.05, 3.63) is 83.9 Å². The van der Waals surface area contributed by atoms with Gasteiger partial charge in [-0.05, 0) is 66.7 Å². The maximum atomic E-state index is 13.0. The van der Waals surface area contributed by atoms with Crippen LogP contribution >= 0.6 is 0 Å². The van der Waals surface area contributed by atoms with Gasteiger partial charge < -0.3 is 19.5 Å². The molecular weight excluding hydrogens is 476 g/mol. The van der Waals surface area contributed by atoms with Gasteiger partial charge in [0.25, 0.3) is 0 Å². The molecule has 6 nitrogen and oxygen atoms in total. The summed E-state index contributed by atoms with van der Waals surface area (Å²) in [6, 6.07) is 24.3. The van der Waals surface area contributed by atoms with Crippen LogP contribution in [-0.2, 0) is 11.3 Å². The maximum absolute atomic E-state index is 13.0. The lowest BCUT2D eigenvalue weighted by atomic mass is 9.78. The number of nitrogens with zero attached hydrogens (tertiary/aromatic N) is 1. The second-order valence-electron chi connectivity index (χ2n) is 11.5. The van der Waals surface area contributed by atoms with Crippen LogP contribution in [0.2, 0.25) is 0 Å². The topological polar surface area (TPSA) is 60.0 Å². The van der Waals surface area contributed by atoms with Crippen molar-refractivity contribution in [2.24, 2.45) is 11.3 Å². The van der Waals surface area contributed by atoms with Gasteiger partial charge in [0, 0.05) is 17.5 Å². The van der Waals surface area contributed by atoms with E-state index in [-0.39, 0.29) is 23.7 Å². The number of piperidine rings is 3. The number of hydrogen-bond acceptors (Lipinski definition) is 5. The summed E-state index contributed by atoms with van der Waals surface area (Å²) in [5, 5.41) is 3.19. The third kappa shape index (κ3) is 5.23. The molecule has 198 valence electrons. The summed E-state index contributed by atoms with van der Waals surface area (Å²) in [5.74, 6) is 2.10. The van der Waals surface area contributed by atoms with E-state index < -0.39 is 0 Å². The summed E-state index contributed by atoms with van der Waals surface area (Å²) in [6.07, 6.45) is 1.89. The Morgan fingerprint density at radius 2 is 1.79 bits per heavy atom. The zero-order chi connectivity index (χ0) is 26.1. The Morgan fingerprint density at radius 1 is 1.00 bits per heavy atom. The fourth-order valence-electron chi connectivity index (χ4n) is 5.96. The predicted molar refractivity (Wildman–Crippen MR) is 147 cm³/mol. The lowest BCUT2D eigenvalue weighted by Gasteiger charge is -2.44. The van der Waals surface area contributed by atoms with Gasteiger partial charge in [0.05, 0.1) is 12.6 Å². The molecule has 1 N–H and O–H groups in total. The van der Waals surface area contributed by atoms with Crippen molar-refractivity contribution in [3.8, 4) is 22.6 Å². The molecule has 7 rings (SSSR count). The molecule has 3 saturated heterocycles. The number of benzene rings is 3. The number of rotatable bonds is 6. The Bertz CT molecular complexity index is 1280. The molecule has 3 aromatic rings. The van der Waals surface area contributed by atoms with Crippen molar-refractivity contribution < 1.29 is 19.0 Å². The third-order valence-electron chi connectivity index (χ3n) is 8.24. The van der Waals surface area contributed by atoms with Crippen molar-refractivity contribution in [1.29, 1.82) is 0 Å². The Labute approximate surface area is 224 Å². The highest BCUT2D eigenvalue weighted by molar-refractivity contribution is 5.71. The molecule has 4 heterocycles. The molecule has 0 radical (unpaired) electrons. The van der Waals surface area contributed by atoms with E-state index in [4.69, 9.17) is 14.2 Å². The zero-order valence-electron chi connectivity index (χ0n) is 22.2. The lowest BCUT2D eigenvalue weighted by Crippen LogP contribution is -2.53. The van der Waals surface area contributed by atoms with Crippen LogP contribution in [0, 0.1) is 11.3 Å². The Morgan fingerprint density at radius 3 is 2.55 bits per heavy atom. The standard InChI is InChI=1S/C32H36N2O4/c1-32(2)21-37-28-18-25(24-9-6-10-26(17-24)36-20-22-7-4-3-5-8-22)11-12-27(28)30(32)33-31(35)38-29-19-34-15-13-23(29)14-16-34/h3-12,17-18,23,29-30H,13-16,19-21H2,1-2H3,(H,33,35)/t29-,30?/m0/s1. The lowest BCUT2D eigenvalue weighted by molar-refractivity contribution is -0.0361. The number of amides is 1. The van der Waals surface area contributed by atoms with E-state index in [1.807, 2.05) is 30.3 Å². The molecule has 0 aromatic heterocycles. The first kappa shape index (κ1) is 24.8. The molecule has 3 aromatic carbocycles. The summed E-state index contributed by atoms with van der Waals surface area (Å²) in [7, 11) is 0. The molecule has 4 aliphatic rings. The monoisotopic (exact) mass is 512 g/mol. The van der Waals surface area contributed by atoms with Gasteiger partial charge in [-0.2, -0.15) is 0 Å².